The van der Waals surface area contributed by atoms with Crippen molar-refractivity contribution in [2.24, 2.45) is 0 Å². The normalized spacial score (nSPS) is 15.2. The van der Waals surface area contributed by atoms with Crippen LogP contribution in [0.15, 0.2) is 72.8 Å². The first kappa shape index (κ1) is 39.0. The number of aryl methyl sites for hydroxylation is 2. The molecule has 1 fully saturated rings. The highest BCUT2D eigenvalue weighted by molar-refractivity contribution is 7.88. The maximum Gasteiger partial charge on any atom is 0.230 e. The molecular formula is C35H49FN2O7S. The number of aliphatic hydroxyl groups excluding tert-OH is 3. The third-order valence-corrected chi connectivity index (χ3v) is 8.37. The molecule has 1 heterocycles. The second-order valence-electron chi connectivity index (χ2n) is 11.2. The molecule has 1 aliphatic heterocycles. The molecule has 5 N–H and O–H groups in total. The molecule has 2 unspecified atom stereocenters. The number of carbonyl (C=O) groups excluding carboxylic acids is 1. The number of halogens is 1. The van der Waals surface area contributed by atoms with Crippen LogP contribution in [0.2, 0.25) is 0 Å². The zero-order valence-electron chi connectivity index (χ0n) is 27.2. The van der Waals surface area contributed by atoms with E-state index in [0.29, 0.717) is 32.2 Å². The van der Waals surface area contributed by atoms with Crippen molar-refractivity contribution in [3.63, 3.8) is 0 Å². The van der Waals surface area contributed by atoms with Crippen LogP contribution in [0.4, 0.5) is 10.1 Å². The van der Waals surface area contributed by atoms with Crippen LogP contribution in [-0.4, -0.2) is 66.4 Å². The van der Waals surface area contributed by atoms with Crippen molar-refractivity contribution < 1.29 is 38.0 Å². The zero-order chi connectivity index (χ0) is 34.3. The van der Waals surface area contributed by atoms with E-state index < -0.39 is 34.9 Å². The van der Waals surface area contributed by atoms with Gasteiger partial charge in [-0.3, -0.25) is 4.79 Å². The molecule has 1 saturated heterocycles. The summed E-state index contributed by atoms with van der Waals surface area (Å²) in [4.78, 5) is 14.1. The number of hydrogen-bond donors (Lipinski definition) is 5. The molecule has 0 radical (unpaired) electrons. The second-order valence-corrected chi connectivity index (χ2v) is 13.0. The number of hydrogen-bond acceptors (Lipinski definition) is 7. The Labute approximate surface area is 272 Å². The van der Waals surface area contributed by atoms with Gasteiger partial charge in [0.25, 0.3) is 0 Å². The highest BCUT2D eigenvalue weighted by atomic mass is 32.2. The van der Waals surface area contributed by atoms with Gasteiger partial charge in [0.1, 0.15) is 11.4 Å². The highest BCUT2D eigenvalue weighted by Crippen LogP contribution is 2.39. The summed E-state index contributed by atoms with van der Waals surface area (Å²) in [6, 6.07) is 21.5. The number of rotatable bonds is 14. The summed E-state index contributed by atoms with van der Waals surface area (Å²) in [6.07, 6.45) is 3.98. The number of amides is 1. The number of carbonyl (C=O) groups is 1. The summed E-state index contributed by atoms with van der Waals surface area (Å²) < 4.78 is 37.1. The third kappa shape index (κ3) is 12.2. The predicted octanol–water partition coefficient (Wildman–Crippen LogP) is 4.59. The number of sulfonamides is 1. The monoisotopic (exact) mass is 660 g/mol. The Kier molecular flexibility index (Phi) is 16.0. The van der Waals surface area contributed by atoms with Crippen LogP contribution in [0.5, 0.6) is 0 Å². The van der Waals surface area contributed by atoms with Crippen LogP contribution in [0.25, 0.3) is 0 Å². The molecular weight excluding hydrogens is 611 g/mol. The van der Waals surface area contributed by atoms with Crippen molar-refractivity contribution in [3.05, 3.63) is 101 Å². The van der Waals surface area contributed by atoms with E-state index in [1.165, 1.54) is 12.1 Å². The van der Waals surface area contributed by atoms with Gasteiger partial charge in [0, 0.05) is 12.2 Å². The molecule has 4 rings (SSSR count). The van der Waals surface area contributed by atoms with Crippen LogP contribution in [0, 0.1) is 5.82 Å². The second kappa shape index (κ2) is 18.8. The van der Waals surface area contributed by atoms with Crippen LogP contribution in [-0.2, 0) is 27.7 Å². The fraction of sp³-hybridized carbons (Fsp3) is 0.457. The Hall–Kier alpha value is -3.19. The van der Waals surface area contributed by atoms with Gasteiger partial charge < -0.3 is 25.3 Å². The lowest BCUT2D eigenvalue weighted by atomic mass is 9.91. The highest BCUT2D eigenvalue weighted by Gasteiger charge is 2.38. The Morgan fingerprint density at radius 3 is 1.98 bits per heavy atom. The van der Waals surface area contributed by atoms with Gasteiger partial charge >= 0.3 is 0 Å². The summed E-state index contributed by atoms with van der Waals surface area (Å²) in [7, 11) is -3.17. The van der Waals surface area contributed by atoms with Crippen LogP contribution in [0.3, 0.4) is 0 Å². The number of nitrogens with one attached hydrogen (secondary N) is 1. The molecule has 254 valence electrons. The molecule has 3 aromatic carbocycles. The van der Waals surface area contributed by atoms with Gasteiger partial charge in [-0.25, -0.2) is 17.5 Å². The number of anilines is 1. The van der Waals surface area contributed by atoms with E-state index in [1.54, 1.807) is 17.0 Å². The fourth-order valence-electron chi connectivity index (χ4n) is 4.79. The van der Waals surface area contributed by atoms with E-state index >= 15 is 0 Å². The van der Waals surface area contributed by atoms with Crippen molar-refractivity contribution in [1.29, 1.82) is 0 Å². The van der Waals surface area contributed by atoms with Crippen molar-refractivity contribution in [2.75, 3.05) is 30.9 Å². The van der Waals surface area contributed by atoms with Crippen molar-refractivity contribution >= 4 is 21.6 Å². The maximum absolute atomic E-state index is 12.4. The van der Waals surface area contributed by atoms with E-state index in [0.717, 1.165) is 40.6 Å². The van der Waals surface area contributed by atoms with Gasteiger partial charge in [0.05, 0.1) is 38.0 Å². The van der Waals surface area contributed by atoms with Gasteiger partial charge in [0.2, 0.25) is 15.9 Å². The Morgan fingerprint density at radius 1 is 0.935 bits per heavy atom. The minimum atomic E-state index is -3.17. The number of aliphatic hydroxyl groups is 4. The number of β-lactam (4-membered cyclic amide) rings is 1. The predicted molar refractivity (Wildman–Crippen MR) is 179 cm³/mol. The lowest BCUT2D eigenvalue weighted by molar-refractivity contribution is -0.124. The summed E-state index contributed by atoms with van der Waals surface area (Å²) in [5, 5.41) is 37.7. The molecule has 0 aliphatic carbocycles. The first-order valence-corrected chi connectivity index (χ1v) is 17.6. The van der Waals surface area contributed by atoms with Gasteiger partial charge in [-0.15, -0.1) is 0 Å². The minimum absolute atomic E-state index is 0.0387. The quantitative estimate of drug-likeness (QED) is 0.126. The lowest BCUT2D eigenvalue weighted by Crippen LogP contribution is -2.46. The van der Waals surface area contributed by atoms with Gasteiger partial charge in [-0.1, -0.05) is 69.3 Å². The molecule has 0 aromatic heterocycles. The van der Waals surface area contributed by atoms with E-state index in [1.807, 2.05) is 69.3 Å². The first-order chi connectivity index (χ1) is 21.9. The molecule has 2 atom stereocenters. The summed E-state index contributed by atoms with van der Waals surface area (Å²) in [6.45, 7) is 5.30. The Bertz CT molecular complexity index is 1430. The van der Waals surface area contributed by atoms with Crippen molar-refractivity contribution in [1.82, 2.24) is 4.72 Å². The van der Waals surface area contributed by atoms with Gasteiger partial charge in [-0.05, 0) is 78.6 Å². The molecule has 1 aliphatic rings. The molecule has 3 aromatic rings. The minimum Gasteiger partial charge on any atom is -0.393 e. The standard InChI is InChI=1S/C24H32N2O6S.C9H11FO.C2H6/c1-33(31,32)25-14-2-3-18-6-10-21(11-7-18)26-22(15-23(26)29)20-8-4-19(5-9-20)12-13-24(30,16-27)17-28;1-2-9(11)7-3-5-8(10)6-4-7;1-2/h4-11,22,25,27-28,30H,2-3,12-17H2,1H3;3-6,9,11H,2H2,1H3;1-2H3. The molecule has 11 heteroatoms. The van der Waals surface area contributed by atoms with Crippen LogP contribution >= 0.6 is 0 Å². The van der Waals surface area contributed by atoms with Crippen molar-refractivity contribution in [2.45, 2.75) is 77.0 Å². The lowest BCUT2D eigenvalue weighted by Gasteiger charge is -2.41. The largest absolute Gasteiger partial charge is 0.393 e. The molecule has 0 spiro atoms. The van der Waals surface area contributed by atoms with Crippen LogP contribution in [0.1, 0.15) is 80.9 Å². The topological polar surface area (TPSA) is 147 Å². The molecule has 0 saturated carbocycles. The third-order valence-electron chi connectivity index (χ3n) is 7.64. The molecule has 9 nitrogen and oxygen atoms in total. The molecule has 1 amide bonds. The first-order valence-electron chi connectivity index (χ1n) is 15.7. The summed E-state index contributed by atoms with van der Waals surface area (Å²) in [5.41, 5.74) is 3.20. The number of benzene rings is 3. The molecule has 46 heavy (non-hydrogen) atoms. The van der Waals surface area contributed by atoms with E-state index in [-0.39, 0.29) is 24.2 Å². The average molecular weight is 661 g/mol. The van der Waals surface area contributed by atoms with Crippen LogP contribution < -0.4 is 9.62 Å². The van der Waals surface area contributed by atoms with Gasteiger partial charge in [-0.2, -0.15) is 0 Å². The zero-order valence-corrected chi connectivity index (χ0v) is 28.0. The average Bonchev–Trinajstić information content (AvgIpc) is 3.06. The fourth-order valence-corrected chi connectivity index (χ4v) is 5.31. The van der Waals surface area contributed by atoms with Crippen molar-refractivity contribution in [3.8, 4) is 0 Å². The SMILES string of the molecule is CC.CCC(O)c1ccc(F)cc1.CS(=O)(=O)NCCCc1ccc(N2C(=O)CC2c2ccc(CCC(O)(CO)CO)cc2)cc1. The van der Waals surface area contributed by atoms with E-state index in [9.17, 15) is 38.0 Å². The maximum atomic E-state index is 12.4. The summed E-state index contributed by atoms with van der Waals surface area (Å²) >= 11 is 0. The van der Waals surface area contributed by atoms with E-state index in [2.05, 4.69) is 4.72 Å². The smallest absolute Gasteiger partial charge is 0.230 e. The summed E-state index contributed by atoms with van der Waals surface area (Å²) in [5.74, 6) is -0.206. The Morgan fingerprint density at radius 2 is 1.48 bits per heavy atom. The Balaban J connectivity index is 0.000000475. The van der Waals surface area contributed by atoms with E-state index in [4.69, 9.17) is 0 Å². The van der Waals surface area contributed by atoms with Gasteiger partial charge in [0.15, 0.2) is 0 Å². The number of nitrogens with zero attached hydrogens (tertiary/aromatic N) is 1. The molecule has 0 bridgehead atoms.